The Labute approximate surface area is 141 Å². The summed E-state index contributed by atoms with van der Waals surface area (Å²) in [6, 6.07) is 8.53. The Morgan fingerprint density at radius 3 is 2.62 bits per heavy atom. The second-order valence-corrected chi connectivity index (χ2v) is 4.87. The van der Waals surface area contributed by atoms with Gasteiger partial charge < -0.3 is 10.1 Å². The lowest BCUT2D eigenvalue weighted by atomic mass is 10.2. The second kappa shape index (κ2) is 8.02. The molecule has 0 atom stereocenters. The lowest BCUT2D eigenvalue weighted by Crippen LogP contribution is -2.28. The minimum atomic E-state index is -0.837. The molecule has 0 unspecified atom stereocenters. The topological polar surface area (TPSA) is 111 Å². The van der Waals surface area contributed by atoms with Crippen molar-refractivity contribution in [2.24, 2.45) is 0 Å². The molecule has 1 heterocycles. The van der Waals surface area contributed by atoms with E-state index in [4.69, 9.17) is 16.3 Å². The lowest BCUT2D eigenvalue weighted by Gasteiger charge is -2.07. The molecular weight excluding hydrogens is 338 g/mol. The van der Waals surface area contributed by atoms with Gasteiger partial charge in [0.2, 0.25) is 0 Å². The number of benzene rings is 1. The Kier molecular flexibility index (Phi) is 5.80. The summed E-state index contributed by atoms with van der Waals surface area (Å²) in [5.74, 6) is -1.30. The molecule has 2 rings (SSSR count). The normalized spacial score (nSPS) is 10.0. The van der Waals surface area contributed by atoms with Crippen LogP contribution in [-0.2, 0) is 4.74 Å². The van der Waals surface area contributed by atoms with Crippen molar-refractivity contribution < 1.29 is 19.2 Å². The van der Waals surface area contributed by atoms with Crippen LogP contribution in [0.2, 0.25) is 5.15 Å². The summed E-state index contributed by atoms with van der Waals surface area (Å²) in [4.78, 5) is 37.7. The van der Waals surface area contributed by atoms with Crippen molar-refractivity contribution in [2.75, 3.05) is 13.2 Å². The van der Waals surface area contributed by atoms with Crippen molar-refractivity contribution in [3.8, 4) is 0 Å². The Morgan fingerprint density at radius 2 is 1.92 bits per heavy atom. The first-order valence-corrected chi connectivity index (χ1v) is 7.17. The fourth-order valence-corrected chi connectivity index (χ4v) is 2.05. The minimum absolute atomic E-state index is 0.0242. The van der Waals surface area contributed by atoms with Gasteiger partial charge in [0, 0.05) is 12.3 Å². The molecule has 1 aromatic carbocycles. The molecule has 1 aromatic heterocycles. The standard InChI is InChI=1S/C15H12ClN3O5/c16-13-11(5-3-7-17-13)14(20)18-8-9-24-15(21)10-4-1-2-6-12(10)19(22)23/h1-7H,8-9H2,(H,18,20). The first kappa shape index (κ1) is 17.4. The number of hydrogen-bond acceptors (Lipinski definition) is 6. The zero-order valence-corrected chi connectivity index (χ0v) is 13.0. The van der Waals surface area contributed by atoms with Crippen molar-refractivity contribution in [2.45, 2.75) is 0 Å². The van der Waals surface area contributed by atoms with Crippen LogP contribution in [0, 0.1) is 10.1 Å². The highest BCUT2D eigenvalue weighted by Crippen LogP contribution is 2.18. The number of amides is 1. The number of aromatic nitrogens is 1. The third-order valence-electron chi connectivity index (χ3n) is 2.95. The summed E-state index contributed by atoms with van der Waals surface area (Å²) in [7, 11) is 0. The van der Waals surface area contributed by atoms with Gasteiger partial charge in [-0.25, -0.2) is 9.78 Å². The number of nitrogens with zero attached hydrogens (tertiary/aromatic N) is 2. The van der Waals surface area contributed by atoms with Gasteiger partial charge in [-0.2, -0.15) is 0 Å². The van der Waals surface area contributed by atoms with E-state index in [0.29, 0.717) is 0 Å². The van der Waals surface area contributed by atoms with Gasteiger partial charge >= 0.3 is 5.97 Å². The molecule has 0 aliphatic rings. The van der Waals surface area contributed by atoms with Crippen molar-refractivity contribution in [3.05, 3.63) is 69.0 Å². The number of carbonyl (C=O) groups excluding carboxylic acids is 2. The number of hydrogen-bond donors (Lipinski definition) is 1. The Hall–Kier alpha value is -3.00. The number of esters is 1. The van der Waals surface area contributed by atoms with Gasteiger partial charge in [0.15, 0.2) is 0 Å². The third-order valence-corrected chi connectivity index (χ3v) is 3.25. The number of carbonyl (C=O) groups is 2. The average molecular weight is 350 g/mol. The first-order chi connectivity index (χ1) is 11.5. The van der Waals surface area contributed by atoms with Gasteiger partial charge in [-0.3, -0.25) is 14.9 Å². The van der Waals surface area contributed by atoms with Crippen molar-refractivity contribution in [1.29, 1.82) is 0 Å². The number of para-hydroxylation sites is 1. The molecule has 0 aliphatic carbocycles. The quantitative estimate of drug-likeness (QED) is 0.281. The molecule has 1 N–H and O–H groups in total. The van der Waals surface area contributed by atoms with Gasteiger partial charge in [0.25, 0.3) is 11.6 Å². The van der Waals surface area contributed by atoms with E-state index in [0.717, 1.165) is 0 Å². The van der Waals surface area contributed by atoms with E-state index < -0.39 is 16.8 Å². The molecule has 2 aromatic rings. The highest BCUT2D eigenvalue weighted by Gasteiger charge is 2.20. The Morgan fingerprint density at radius 1 is 1.21 bits per heavy atom. The molecule has 0 fully saturated rings. The zero-order chi connectivity index (χ0) is 17.5. The molecule has 0 radical (unpaired) electrons. The van der Waals surface area contributed by atoms with Crippen molar-refractivity contribution in [1.82, 2.24) is 10.3 Å². The molecule has 0 aliphatic heterocycles. The maximum atomic E-state index is 11.9. The smallest absolute Gasteiger partial charge is 0.345 e. The van der Waals surface area contributed by atoms with E-state index in [1.165, 1.54) is 36.5 Å². The molecule has 0 saturated heterocycles. The predicted molar refractivity (Wildman–Crippen MR) is 85.0 cm³/mol. The van der Waals surface area contributed by atoms with Crippen LogP contribution in [0.5, 0.6) is 0 Å². The Bertz CT molecular complexity index is 781. The molecule has 0 spiro atoms. The number of ether oxygens (including phenoxy) is 1. The van der Waals surface area contributed by atoms with Crippen LogP contribution in [0.3, 0.4) is 0 Å². The maximum Gasteiger partial charge on any atom is 0.345 e. The molecule has 24 heavy (non-hydrogen) atoms. The van der Waals surface area contributed by atoms with Crippen LogP contribution in [-0.4, -0.2) is 34.9 Å². The highest BCUT2D eigenvalue weighted by molar-refractivity contribution is 6.32. The maximum absolute atomic E-state index is 11.9. The summed E-state index contributed by atoms with van der Waals surface area (Å²) >= 11 is 5.79. The van der Waals surface area contributed by atoms with E-state index in [1.54, 1.807) is 6.07 Å². The van der Waals surface area contributed by atoms with Crippen LogP contribution in [0.4, 0.5) is 5.69 Å². The number of pyridine rings is 1. The number of halogens is 1. The van der Waals surface area contributed by atoms with E-state index in [1.807, 2.05) is 0 Å². The summed E-state index contributed by atoms with van der Waals surface area (Å²) < 4.78 is 4.93. The van der Waals surface area contributed by atoms with Crippen molar-refractivity contribution in [3.63, 3.8) is 0 Å². The number of nitro groups is 1. The zero-order valence-electron chi connectivity index (χ0n) is 12.3. The van der Waals surface area contributed by atoms with E-state index in [2.05, 4.69) is 10.3 Å². The molecular formula is C15H12ClN3O5. The minimum Gasteiger partial charge on any atom is -0.460 e. The molecule has 124 valence electrons. The van der Waals surface area contributed by atoms with Gasteiger partial charge in [-0.15, -0.1) is 0 Å². The fourth-order valence-electron chi connectivity index (χ4n) is 1.84. The van der Waals surface area contributed by atoms with E-state index in [9.17, 15) is 19.7 Å². The van der Waals surface area contributed by atoms with Crippen LogP contribution in [0.15, 0.2) is 42.6 Å². The Balaban J connectivity index is 1.87. The molecule has 9 heteroatoms. The van der Waals surface area contributed by atoms with Crippen LogP contribution >= 0.6 is 11.6 Å². The summed E-state index contributed by atoms with van der Waals surface area (Å²) in [5, 5.41) is 13.4. The molecule has 0 saturated carbocycles. The average Bonchev–Trinajstić information content (AvgIpc) is 2.58. The second-order valence-electron chi connectivity index (χ2n) is 4.51. The molecule has 8 nitrogen and oxygen atoms in total. The monoisotopic (exact) mass is 349 g/mol. The third kappa shape index (κ3) is 4.26. The van der Waals surface area contributed by atoms with Crippen LogP contribution in [0.1, 0.15) is 20.7 Å². The van der Waals surface area contributed by atoms with Gasteiger partial charge in [0.1, 0.15) is 17.3 Å². The van der Waals surface area contributed by atoms with Crippen LogP contribution in [0.25, 0.3) is 0 Å². The predicted octanol–water partition coefficient (Wildman–Crippen LogP) is 2.23. The largest absolute Gasteiger partial charge is 0.460 e. The number of nitro benzene ring substituents is 1. The number of rotatable bonds is 6. The van der Waals surface area contributed by atoms with Gasteiger partial charge in [-0.1, -0.05) is 23.7 Å². The summed E-state index contributed by atoms with van der Waals surface area (Å²) in [6.45, 7) is -0.120. The number of nitrogens with one attached hydrogen (secondary N) is 1. The van der Waals surface area contributed by atoms with Gasteiger partial charge in [0.05, 0.1) is 17.0 Å². The fraction of sp³-hybridized carbons (Fsp3) is 0.133. The molecule has 0 bridgehead atoms. The summed E-state index contributed by atoms with van der Waals surface area (Å²) in [6.07, 6.45) is 1.45. The molecule has 1 amide bonds. The van der Waals surface area contributed by atoms with E-state index in [-0.39, 0.29) is 35.1 Å². The summed E-state index contributed by atoms with van der Waals surface area (Å²) in [5.41, 5.74) is -0.290. The van der Waals surface area contributed by atoms with E-state index >= 15 is 0 Å². The van der Waals surface area contributed by atoms with Crippen molar-refractivity contribution >= 4 is 29.2 Å². The lowest BCUT2D eigenvalue weighted by molar-refractivity contribution is -0.385. The van der Waals surface area contributed by atoms with Crippen LogP contribution < -0.4 is 5.32 Å². The van der Waals surface area contributed by atoms with Gasteiger partial charge in [-0.05, 0) is 18.2 Å². The SMILES string of the molecule is O=C(OCCNC(=O)c1cccnc1Cl)c1ccccc1[N+](=O)[O-]. The first-order valence-electron chi connectivity index (χ1n) is 6.80. The highest BCUT2D eigenvalue weighted by atomic mass is 35.5.